The Balaban J connectivity index is 2.47. The fraction of sp³-hybridized carbons (Fsp3) is 0.188. The van der Waals surface area contributed by atoms with Crippen LogP contribution in [0, 0.1) is 6.92 Å². The molecular formula is C16H17NO2. The van der Waals surface area contributed by atoms with E-state index >= 15 is 0 Å². The van der Waals surface area contributed by atoms with E-state index in [0.717, 1.165) is 5.56 Å². The third kappa shape index (κ3) is 2.76. The third-order valence-electron chi connectivity index (χ3n) is 2.88. The molecule has 3 nitrogen and oxygen atoms in total. The van der Waals surface area contributed by atoms with Crippen molar-refractivity contribution in [1.82, 2.24) is 0 Å². The van der Waals surface area contributed by atoms with Crippen molar-refractivity contribution in [3.8, 4) is 5.75 Å². The second-order valence-corrected chi connectivity index (χ2v) is 4.35. The van der Waals surface area contributed by atoms with Crippen molar-refractivity contribution in [2.24, 2.45) is 0 Å². The summed E-state index contributed by atoms with van der Waals surface area (Å²) in [7, 11) is 0. The van der Waals surface area contributed by atoms with Gasteiger partial charge in [-0.25, -0.2) is 0 Å². The number of para-hydroxylation sites is 1. The van der Waals surface area contributed by atoms with Gasteiger partial charge in [-0.2, -0.15) is 0 Å². The number of hydrogen-bond donors (Lipinski definition) is 1. The molecule has 0 radical (unpaired) electrons. The topological polar surface area (TPSA) is 52.3 Å². The summed E-state index contributed by atoms with van der Waals surface area (Å²) in [5.41, 5.74) is 8.45. The molecule has 0 heterocycles. The van der Waals surface area contributed by atoms with E-state index in [1.54, 1.807) is 24.3 Å². The summed E-state index contributed by atoms with van der Waals surface area (Å²) in [6.07, 6.45) is 0. The van der Waals surface area contributed by atoms with Crippen LogP contribution in [0.15, 0.2) is 42.5 Å². The third-order valence-corrected chi connectivity index (χ3v) is 2.88. The van der Waals surface area contributed by atoms with E-state index in [9.17, 15) is 4.79 Å². The maximum atomic E-state index is 12.6. The van der Waals surface area contributed by atoms with E-state index < -0.39 is 0 Å². The van der Waals surface area contributed by atoms with Crippen molar-refractivity contribution in [1.29, 1.82) is 0 Å². The van der Waals surface area contributed by atoms with Crippen LogP contribution in [0.25, 0.3) is 0 Å². The van der Waals surface area contributed by atoms with Crippen molar-refractivity contribution in [3.05, 3.63) is 59.2 Å². The molecular weight excluding hydrogens is 238 g/mol. The second kappa shape index (κ2) is 5.57. The predicted molar refractivity (Wildman–Crippen MR) is 76.6 cm³/mol. The Hall–Kier alpha value is -2.29. The van der Waals surface area contributed by atoms with Gasteiger partial charge in [0.1, 0.15) is 5.75 Å². The molecule has 0 aromatic heterocycles. The molecule has 0 atom stereocenters. The summed E-state index contributed by atoms with van der Waals surface area (Å²) in [5, 5.41) is 0. The maximum absolute atomic E-state index is 12.6. The Labute approximate surface area is 113 Å². The largest absolute Gasteiger partial charge is 0.493 e. The molecule has 0 aliphatic carbocycles. The number of carbonyl (C=O) groups is 1. The number of ketones is 1. The number of aryl methyl sites for hydroxylation is 1. The van der Waals surface area contributed by atoms with Crippen LogP contribution in [0.5, 0.6) is 5.75 Å². The van der Waals surface area contributed by atoms with Gasteiger partial charge in [-0.15, -0.1) is 0 Å². The molecule has 2 rings (SSSR count). The number of hydrogen-bond acceptors (Lipinski definition) is 3. The van der Waals surface area contributed by atoms with Crippen LogP contribution in [-0.4, -0.2) is 12.4 Å². The van der Waals surface area contributed by atoms with Crippen LogP contribution in [0.4, 0.5) is 5.69 Å². The highest BCUT2D eigenvalue weighted by atomic mass is 16.5. The first-order chi connectivity index (χ1) is 9.13. The van der Waals surface area contributed by atoms with Gasteiger partial charge in [-0.05, 0) is 38.1 Å². The van der Waals surface area contributed by atoms with Gasteiger partial charge in [-0.1, -0.05) is 23.8 Å². The molecule has 2 aromatic rings. The van der Waals surface area contributed by atoms with Gasteiger partial charge in [0.25, 0.3) is 0 Å². The first-order valence-electron chi connectivity index (χ1n) is 6.26. The van der Waals surface area contributed by atoms with E-state index in [1.165, 1.54) is 0 Å². The predicted octanol–water partition coefficient (Wildman–Crippen LogP) is 3.21. The minimum Gasteiger partial charge on any atom is -0.493 e. The number of nitrogen functional groups attached to an aromatic ring is 1. The zero-order chi connectivity index (χ0) is 13.8. The second-order valence-electron chi connectivity index (χ2n) is 4.35. The molecule has 0 spiro atoms. The summed E-state index contributed by atoms with van der Waals surface area (Å²) in [6, 6.07) is 12.7. The van der Waals surface area contributed by atoms with Crippen molar-refractivity contribution in [3.63, 3.8) is 0 Å². The van der Waals surface area contributed by atoms with Crippen molar-refractivity contribution < 1.29 is 9.53 Å². The number of carbonyl (C=O) groups excluding carboxylic acids is 1. The molecule has 0 bridgehead atoms. The molecule has 2 aromatic carbocycles. The molecule has 0 aliphatic heterocycles. The van der Waals surface area contributed by atoms with Gasteiger partial charge < -0.3 is 10.5 Å². The first-order valence-corrected chi connectivity index (χ1v) is 6.26. The standard InChI is InChI=1S/C16H17NO2/c1-3-19-15-7-5-4-6-12(15)16(18)13-10-11(2)8-9-14(13)17/h4-10H,3,17H2,1-2H3. The lowest BCUT2D eigenvalue weighted by molar-refractivity contribution is 0.103. The zero-order valence-electron chi connectivity index (χ0n) is 11.1. The molecule has 19 heavy (non-hydrogen) atoms. The lowest BCUT2D eigenvalue weighted by Gasteiger charge is -2.11. The highest BCUT2D eigenvalue weighted by Gasteiger charge is 2.16. The van der Waals surface area contributed by atoms with Crippen LogP contribution in [0.2, 0.25) is 0 Å². The quantitative estimate of drug-likeness (QED) is 0.674. The molecule has 98 valence electrons. The van der Waals surface area contributed by atoms with Gasteiger partial charge >= 0.3 is 0 Å². The van der Waals surface area contributed by atoms with Gasteiger partial charge in [-0.3, -0.25) is 4.79 Å². The number of ether oxygens (including phenoxy) is 1. The highest BCUT2D eigenvalue weighted by molar-refractivity contribution is 6.13. The number of anilines is 1. The molecule has 0 aliphatic rings. The van der Waals surface area contributed by atoms with Crippen LogP contribution in [0.3, 0.4) is 0 Å². The first kappa shape index (κ1) is 13.1. The van der Waals surface area contributed by atoms with E-state index in [2.05, 4.69) is 0 Å². The number of rotatable bonds is 4. The Morgan fingerprint density at radius 3 is 2.63 bits per heavy atom. The average Bonchev–Trinajstić information content (AvgIpc) is 2.42. The maximum Gasteiger partial charge on any atom is 0.198 e. The van der Waals surface area contributed by atoms with Crippen LogP contribution < -0.4 is 10.5 Å². The molecule has 2 N–H and O–H groups in total. The highest BCUT2D eigenvalue weighted by Crippen LogP contribution is 2.24. The number of benzene rings is 2. The fourth-order valence-electron chi connectivity index (χ4n) is 1.95. The van der Waals surface area contributed by atoms with Crippen molar-refractivity contribution in [2.75, 3.05) is 12.3 Å². The smallest absolute Gasteiger partial charge is 0.198 e. The van der Waals surface area contributed by atoms with Crippen LogP contribution >= 0.6 is 0 Å². The Morgan fingerprint density at radius 2 is 1.89 bits per heavy atom. The lowest BCUT2D eigenvalue weighted by Crippen LogP contribution is -2.08. The molecule has 0 saturated heterocycles. The van der Waals surface area contributed by atoms with E-state index in [1.807, 2.05) is 32.0 Å². The monoisotopic (exact) mass is 255 g/mol. The molecule has 0 fully saturated rings. The number of nitrogens with two attached hydrogens (primary N) is 1. The molecule has 0 saturated carbocycles. The van der Waals surface area contributed by atoms with Gasteiger partial charge in [0, 0.05) is 11.3 Å². The molecule has 0 amide bonds. The van der Waals surface area contributed by atoms with E-state index in [0.29, 0.717) is 29.2 Å². The van der Waals surface area contributed by atoms with Crippen molar-refractivity contribution >= 4 is 11.5 Å². The zero-order valence-corrected chi connectivity index (χ0v) is 11.1. The normalized spacial score (nSPS) is 10.2. The SMILES string of the molecule is CCOc1ccccc1C(=O)c1cc(C)ccc1N. The van der Waals surface area contributed by atoms with Gasteiger partial charge in [0.15, 0.2) is 5.78 Å². The average molecular weight is 255 g/mol. The summed E-state index contributed by atoms with van der Waals surface area (Å²) in [6.45, 7) is 4.35. The summed E-state index contributed by atoms with van der Waals surface area (Å²) in [4.78, 5) is 12.6. The van der Waals surface area contributed by atoms with E-state index in [4.69, 9.17) is 10.5 Å². The van der Waals surface area contributed by atoms with E-state index in [-0.39, 0.29) is 5.78 Å². The van der Waals surface area contributed by atoms with Crippen LogP contribution in [0.1, 0.15) is 28.4 Å². The van der Waals surface area contributed by atoms with Crippen molar-refractivity contribution in [2.45, 2.75) is 13.8 Å². The minimum absolute atomic E-state index is 0.106. The minimum atomic E-state index is -0.106. The molecule has 3 heteroatoms. The summed E-state index contributed by atoms with van der Waals surface area (Å²) < 4.78 is 5.49. The Bertz CT molecular complexity index is 605. The van der Waals surface area contributed by atoms with Gasteiger partial charge in [0.05, 0.1) is 12.2 Å². The van der Waals surface area contributed by atoms with Crippen LogP contribution in [-0.2, 0) is 0 Å². The summed E-state index contributed by atoms with van der Waals surface area (Å²) in [5.74, 6) is 0.487. The fourth-order valence-corrected chi connectivity index (χ4v) is 1.95. The summed E-state index contributed by atoms with van der Waals surface area (Å²) >= 11 is 0. The lowest BCUT2D eigenvalue weighted by atomic mass is 9.99. The Kier molecular flexibility index (Phi) is 3.85. The van der Waals surface area contributed by atoms with Gasteiger partial charge in [0.2, 0.25) is 0 Å². The Morgan fingerprint density at radius 1 is 1.16 bits per heavy atom. The molecule has 0 unspecified atom stereocenters.